The first-order chi connectivity index (χ1) is 27.5. The van der Waals surface area contributed by atoms with Crippen LogP contribution in [0.15, 0.2) is 48.6 Å². The first kappa shape index (κ1) is 55.5. The second-order valence-electron chi connectivity index (χ2n) is 17.1. The Morgan fingerprint density at radius 1 is 0.579 bits per heavy atom. The monoisotopic (exact) mass is 824 g/mol. The molecule has 0 fully saturated rings. The van der Waals surface area contributed by atoms with E-state index in [0.717, 1.165) is 70.6 Å². The number of aliphatic hydroxyl groups excluding tert-OH is 1. The average molecular weight is 824 g/mol. The summed E-state index contributed by atoms with van der Waals surface area (Å²) in [6, 6.07) is -0.872. The van der Waals surface area contributed by atoms with E-state index in [1.54, 1.807) is 6.08 Å². The fourth-order valence-electron chi connectivity index (χ4n) is 6.49. The number of phosphoric acid groups is 1. The maximum atomic E-state index is 12.8. The van der Waals surface area contributed by atoms with Gasteiger partial charge in [-0.15, -0.1) is 0 Å². The number of quaternary nitrogens is 1. The Labute approximate surface area is 352 Å². The SMILES string of the molecule is CCC/C=C\CCCCCCCC(=O)NC(COP(=O)(O)OCC[N+](C)(C)C)C(O)/C=C/CC/C=C/CC/C=C/CCCCCCCCCCCCCCCCC. The molecule has 3 N–H and O–H groups in total. The first-order valence-corrected chi connectivity index (χ1v) is 25.0. The number of aliphatic hydroxyl groups is 1. The van der Waals surface area contributed by atoms with Crippen LogP contribution in [0.25, 0.3) is 0 Å². The summed E-state index contributed by atoms with van der Waals surface area (Å²) in [6.45, 7) is 4.71. The van der Waals surface area contributed by atoms with Crippen LogP contribution in [0.4, 0.5) is 0 Å². The second kappa shape index (κ2) is 39.9. The van der Waals surface area contributed by atoms with Crippen LogP contribution in [0.2, 0.25) is 0 Å². The molecule has 1 amide bonds. The molecule has 3 atom stereocenters. The summed E-state index contributed by atoms with van der Waals surface area (Å²) < 4.78 is 23.5. The minimum atomic E-state index is -4.35. The summed E-state index contributed by atoms with van der Waals surface area (Å²) in [4.78, 5) is 23.0. The molecular weight excluding hydrogens is 732 g/mol. The summed E-state index contributed by atoms with van der Waals surface area (Å²) in [6.07, 6.45) is 50.7. The lowest BCUT2D eigenvalue weighted by molar-refractivity contribution is -0.870. The topological polar surface area (TPSA) is 105 Å². The molecule has 0 rings (SSSR count). The number of nitrogens with zero attached hydrogens (tertiary/aromatic N) is 1. The highest BCUT2D eigenvalue weighted by Gasteiger charge is 2.27. The van der Waals surface area contributed by atoms with Crippen molar-refractivity contribution in [3.05, 3.63) is 48.6 Å². The quantitative estimate of drug-likeness (QED) is 0.0245. The fraction of sp³-hybridized carbons (Fsp3) is 0.812. The van der Waals surface area contributed by atoms with Crippen LogP contribution in [-0.4, -0.2) is 73.4 Å². The number of amides is 1. The van der Waals surface area contributed by atoms with Gasteiger partial charge < -0.3 is 19.8 Å². The van der Waals surface area contributed by atoms with Crippen LogP contribution in [0, 0.1) is 0 Å². The van der Waals surface area contributed by atoms with Crippen molar-refractivity contribution in [2.75, 3.05) is 40.9 Å². The molecule has 0 heterocycles. The number of phosphoric ester groups is 1. The fourth-order valence-corrected chi connectivity index (χ4v) is 7.22. The molecule has 57 heavy (non-hydrogen) atoms. The lowest BCUT2D eigenvalue weighted by Gasteiger charge is -2.25. The summed E-state index contributed by atoms with van der Waals surface area (Å²) in [5.74, 6) is -0.205. The van der Waals surface area contributed by atoms with Gasteiger partial charge in [-0.3, -0.25) is 13.8 Å². The van der Waals surface area contributed by atoms with E-state index in [1.165, 1.54) is 109 Å². The van der Waals surface area contributed by atoms with Crippen molar-refractivity contribution in [2.24, 2.45) is 0 Å². The van der Waals surface area contributed by atoms with Crippen molar-refractivity contribution < 1.29 is 32.9 Å². The third-order valence-corrected chi connectivity index (χ3v) is 11.2. The van der Waals surface area contributed by atoms with Crippen LogP contribution in [-0.2, 0) is 18.4 Å². The molecule has 0 spiro atoms. The predicted octanol–water partition coefficient (Wildman–Crippen LogP) is 13.2. The van der Waals surface area contributed by atoms with Gasteiger partial charge in [0.15, 0.2) is 0 Å². The van der Waals surface area contributed by atoms with Gasteiger partial charge in [-0.05, 0) is 64.2 Å². The number of allylic oxidation sites excluding steroid dienone is 7. The number of nitrogens with one attached hydrogen (secondary N) is 1. The van der Waals surface area contributed by atoms with Gasteiger partial charge in [-0.1, -0.05) is 178 Å². The molecule has 0 aliphatic heterocycles. The van der Waals surface area contributed by atoms with Crippen LogP contribution < -0.4 is 5.32 Å². The van der Waals surface area contributed by atoms with Gasteiger partial charge in [0.1, 0.15) is 13.2 Å². The first-order valence-electron chi connectivity index (χ1n) is 23.5. The Morgan fingerprint density at radius 3 is 1.47 bits per heavy atom. The van der Waals surface area contributed by atoms with Crippen molar-refractivity contribution in [3.63, 3.8) is 0 Å². The maximum absolute atomic E-state index is 12.8. The van der Waals surface area contributed by atoms with Crippen LogP contribution in [0.3, 0.4) is 0 Å². The summed E-state index contributed by atoms with van der Waals surface area (Å²) in [7, 11) is 1.54. The van der Waals surface area contributed by atoms with E-state index < -0.39 is 20.0 Å². The van der Waals surface area contributed by atoms with E-state index in [2.05, 4.69) is 55.6 Å². The van der Waals surface area contributed by atoms with Gasteiger partial charge in [0.2, 0.25) is 5.91 Å². The van der Waals surface area contributed by atoms with E-state index >= 15 is 0 Å². The minimum absolute atomic E-state index is 0.0508. The van der Waals surface area contributed by atoms with Crippen molar-refractivity contribution in [2.45, 2.75) is 212 Å². The Bertz CT molecular complexity index is 1070. The molecule has 0 aliphatic carbocycles. The lowest BCUT2D eigenvalue weighted by atomic mass is 10.0. The standard InChI is InChI=1S/C48H91N2O6P/c1-6-8-10-12-14-16-18-19-20-21-22-23-24-25-26-27-28-29-30-31-32-33-35-37-39-41-47(51)46(45-56-57(53,54)55-44-43-50(3,4)5)49-48(52)42-40-38-36-34-17-15-13-11-9-7-2/h11,13,28-29,32-33,39,41,46-47,51H,6-10,12,14-27,30-31,34-38,40,42-45H2,1-5H3,(H-,49,52,53,54)/p+1/b13-11-,29-28+,33-32+,41-39+. The highest BCUT2D eigenvalue weighted by atomic mass is 31.2. The minimum Gasteiger partial charge on any atom is -0.387 e. The predicted molar refractivity (Wildman–Crippen MR) is 244 cm³/mol. The summed E-state index contributed by atoms with van der Waals surface area (Å²) >= 11 is 0. The molecule has 0 aliphatic rings. The number of hydrogen-bond acceptors (Lipinski definition) is 5. The zero-order valence-electron chi connectivity index (χ0n) is 37.8. The molecule has 334 valence electrons. The zero-order chi connectivity index (χ0) is 42.1. The molecule has 9 heteroatoms. The molecule has 8 nitrogen and oxygen atoms in total. The van der Waals surface area contributed by atoms with Crippen molar-refractivity contribution in [1.82, 2.24) is 5.32 Å². The smallest absolute Gasteiger partial charge is 0.387 e. The van der Waals surface area contributed by atoms with Gasteiger partial charge in [-0.2, -0.15) is 0 Å². The number of likely N-dealkylation sites (N-methyl/N-ethyl adjacent to an activating group) is 1. The maximum Gasteiger partial charge on any atom is 0.472 e. The Hall–Kier alpha value is -1.54. The zero-order valence-corrected chi connectivity index (χ0v) is 38.7. The second-order valence-corrected chi connectivity index (χ2v) is 18.6. The third kappa shape index (κ3) is 42.4. The Kier molecular flexibility index (Phi) is 38.8. The normalized spacial score (nSPS) is 14.7. The highest BCUT2D eigenvalue weighted by molar-refractivity contribution is 7.47. The van der Waals surface area contributed by atoms with Gasteiger partial charge in [0.05, 0.1) is 39.9 Å². The molecule has 0 saturated carbocycles. The summed E-state index contributed by atoms with van der Waals surface area (Å²) in [5, 5.41) is 13.8. The third-order valence-electron chi connectivity index (χ3n) is 10.2. The molecule has 0 saturated heterocycles. The molecule has 0 radical (unpaired) electrons. The molecule has 0 aromatic rings. The molecule has 3 unspecified atom stereocenters. The van der Waals surface area contributed by atoms with Gasteiger partial charge in [-0.25, -0.2) is 4.57 Å². The average Bonchev–Trinajstić information content (AvgIpc) is 3.16. The van der Waals surface area contributed by atoms with Crippen molar-refractivity contribution >= 4 is 13.7 Å². The van der Waals surface area contributed by atoms with Crippen molar-refractivity contribution in [3.8, 4) is 0 Å². The van der Waals surface area contributed by atoms with E-state index in [1.807, 2.05) is 27.2 Å². The van der Waals surface area contributed by atoms with Crippen molar-refractivity contribution in [1.29, 1.82) is 0 Å². The van der Waals surface area contributed by atoms with Gasteiger partial charge in [0.25, 0.3) is 0 Å². The number of carbonyl (C=O) groups is 1. The van der Waals surface area contributed by atoms with Crippen LogP contribution >= 0.6 is 7.82 Å². The Morgan fingerprint density at radius 2 is 1.00 bits per heavy atom. The number of unbranched alkanes of at least 4 members (excludes halogenated alkanes) is 23. The number of carbonyl (C=O) groups excluding carboxylic acids is 1. The molecule has 0 aromatic carbocycles. The number of hydrogen-bond donors (Lipinski definition) is 3. The van der Waals surface area contributed by atoms with Gasteiger partial charge >= 0.3 is 7.82 Å². The van der Waals surface area contributed by atoms with E-state index in [-0.39, 0.29) is 19.1 Å². The van der Waals surface area contributed by atoms with E-state index in [4.69, 9.17) is 9.05 Å². The lowest BCUT2D eigenvalue weighted by Crippen LogP contribution is -2.45. The van der Waals surface area contributed by atoms with Crippen LogP contribution in [0.5, 0.6) is 0 Å². The molecule has 0 bridgehead atoms. The van der Waals surface area contributed by atoms with Gasteiger partial charge in [0, 0.05) is 6.42 Å². The largest absolute Gasteiger partial charge is 0.472 e. The molecular formula is C48H92N2O6P+. The van der Waals surface area contributed by atoms with E-state index in [9.17, 15) is 19.4 Å². The Balaban J connectivity index is 4.33. The highest BCUT2D eigenvalue weighted by Crippen LogP contribution is 2.43. The summed E-state index contributed by atoms with van der Waals surface area (Å²) in [5.41, 5.74) is 0. The number of rotatable bonds is 42. The van der Waals surface area contributed by atoms with E-state index in [0.29, 0.717) is 17.4 Å². The molecule has 0 aromatic heterocycles. The van der Waals surface area contributed by atoms with Crippen LogP contribution in [0.1, 0.15) is 200 Å².